The quantitative estimate of drug-likeness (QED) is 0.544. The minimum Gasteiger partial charge on any atom is -0.468 e. The molecule has 3 rings (SSSR count). The molecular weight excluding hydrogens is 403 g/mol. The summed E-state index contributed by atoms with van der Waals surface area (Å²) < 4.78 is 41.9. The van der Waals surface area contributed by atoms with E-state index in [9.17, 15) is 13.2 Å². The molecule has 158 valence electrons. The van der Waals surface area contributed by atoms with Crippen molar-refractivity contribution in [2.24, 2.45) is 16.8 Å². The topological polar surface area (TPSA) is 37.7 Å². The number of hydrogen-bond donors (Lipinski definition) is 0. The van der Waals surface area contributed by atoms with Gasteiger partial charge in [0.2, 0.25) is 5.88 Å². The second-order valence-corrected chi connectivity index (χ2v) is 8.10. The molecule has 0 spiro atoms. The van der Waals surface area contributed by atoms with Gasteiger partial charge in [-0.15, -0.1) is 0 Å². The Morgan fingerprint density at radius 3 is 2.72 bits per heavy atom. The Labute approximate surface area is 174 Å². The molecule has 1 saturated carbocycles. The molecule has 2 heterocycles. The molecule has 0 saturated heterocycles. The van der Waals surface area contributed by atoms with Gasteiger partial charge in [-0.1, -0.05) is 29.3 Å². The Morgan fingerprint density at radius 1 is 1.38 bits per heavy atom. The first-order chi connectivity index (χ1) is 13.6. The van der Waals surface area contributed by atoms with Crippen LogP contribution in [0.3, 0.4) is 0 Å². The van der Waals surface area contributed by atoms with Crippen LogP contribution in [0.5, 0.6) is 5.88 Å². The molecule has 1 fully saturated rings. The van der Waals surface area contributed by atoms with Crippen LogP contribution in [0, 0.1) is 18.8 Å². The number of allylic oxidation sites excluding steroid dienone is 3. The van der Waals surface area contributed by atoms with Crippen molar-refractivity contribution in [3.63, 3.8) is 0 Å². The number of pyridine rings is 1. The van der Waals surface area contributed by atoms with Crippen LogP contribution in [0.15, 0.2) is 41.2 Å². The fourth-order valence-corrected chi connectivity index (χ4v) is 3.59. The zero-order valence-electron chi connectivity index (χ0n) is 16.7. The molecule has 1 aliphatic carbocycles. The molecule has 8 heteroatoms. The number of rotatable bonds is 7. The van der Waals surface area contributed by atoms with Crippen LogP contribution in [0.1, 0.15) is 36.9 Å². The lowest BCUT2D eigenvalue weighted by Gasteiger charge is -2.32. The lowest BCUT2D eigenvalue weighted by atomic mass is 9.89. The van der Waals surface area contributed by atoms with Crippen molar-refractivity contribution >= 4 is 16.8 Å². The van der Waals surface area contributed by atoms with Crippen LogP contribution in [-0.4, -0.2) is 41.4 Å². The molecule has 3 atom stereocenters. The Balaban J connectivity index is 1.67. The molecule has 0 radical (unpaired) electrons. The van der Waals surface area contributed by atoms with E-state index in [1.807, 2.05) is 20.0 Å². The number of aryl methyl sites for hydroxylation is 1. The number of alkyl halides is 3. The van der Waals surface area contributed by atoms with Gasteiger partial charge in [-0.3, -0.25) is 4.90 Å². The summed E-state index contributed by atoms with van der Waals surface area (Å²) in [6.07, 6.45) is 5.63. The molecule has 3 unspecified atom stereocenters. The van der Waals surface area contributed by atoms with Crippen LogP contribution in [0.25, 0.3) is 0 Å². The van der Waals surface area contributed by atoms with Gasteiger partial charge in [-0.25, -0.2) is 9.98 Å². The summed E-state index contributed by atoms with van der Waals surface area (Å²) in [6.45, 7) is 3.08. The third kappa shape index (κ3) is 6.06. The lowest BCUT2D eigenvalue weighted by molar-refractivity contribution is -0.154. The van der Waals surface area contributed by atoms with E-state index in [0.29, 0.717) is 17.3 Å². The van der Waals surface area contributed by atoms with Crippen molar-refractivity contribution in [2.75, 3.05) is 20.2 Å². The first-order valence-corrected chi connectivity index (χ1v) is 9.97. The van der Waals surface area contributed by atoms with E-state index in [1.165, 1.54) is 5.57 Å². The van der Waals surface area contributed by atoms with Gasteiger partial charge in [0, 0.05) is 42.4 Å². The van der Waals surface area contributed by atoms with Gasteiger partial charge in [0.1, 0.15) is 5.17 Å². The smallest absolute Gasteiger partial charge is 0.422 e. The van der Waals surface area contributed by atoms with E-state index in [4.69, 9.17) is 16.3 Å². The third-order valence-electron chi connectivity index (χ3n) is 5.30. The summed E-state index contributed by atoms with van der Waals surface area (Å²) in [6, 6.07) is 1.82. The zero-order chi connectivity index (χ0) is 21.2. The summed E-state index contributed by atoms with van der Waals surface area (Å²) in [5, 5.41) is 0.597. The van der Waals surface area contributed by atoms with Crippen LogP contribution in [0.4, 0.5) is 13.2 Å². The lowest BCUT2D eigenvalue weighted by Crippen LogP contribution is -2.35. The SMILES string of the molecule is Cc1cc(C(C)N(C)CC2C(Cl)=NC=CC2C=C2CC2)cnc1OCC(F)(F)F. The van der Waals surface area contributed by atoms with E-state index in [0.717, 1.165) is 18.4 Å². The van der Waals surface area contributed by atoms with Crippen molar-refractivity contribution in [3.8, 4) is 5.88 Å². The van der Waals surface area contributed by atoms with E-state index < -0.39 is 12.8 Å². The van der Waals surface area contributed by atoms with Gasteiger partial charge < -0.3 is 4.74 Å². The number of hydrogen-bond acceptors (Lipinski definition) is 4. The predicted octanol–water partition coefficient (Wildman–Crippen LogP) is 5.44. The summed E-state index contributed by atoms with van der Waals surface area (Å²) >= 11 is 6.42. The van der Waals surface area contributed by atoms with Crippen LogP contribution in [-0.2, 0) is 0 Å². The molecule has 1 aromatic rings. The molecule has 1 aliphatic heterocycles. The average Bonchev–Trinajstić information content (AvgIpc) is 3.46. The van der Waals surface area contributed by atoms with Gasteiger partial charge in [-0.05, 0) is 45.4 Å². The Hall–Kier alpha value is -1.86. The van der Waals surface area contributed by atoms with Gasteiger partial charge >= 0.3 is 6.18 Å². The number of ether oxygens (including phenoxy) is 1. The summed E-state index contributed by atoms with van der Waals surface area (Å²) in [4.78, 5) is 10.5. The normalized spacial score (nSPS) is 22.5. The van der Waals surface area contributed by atoms with Crippen molar-refractivity contribution in [1.29, 1.82) is 0 Å². The second-order valence-electron chi connectivity index (χ2n) is 7.71. The van der Waals surface area contributed by atoms with Crippen molar-refractivity contribution in [1.82, 2.24) is 9.88 Å². The fourth-order valence-electron chi connectivity index (χ4n) is 3.32. The van der Waals surface area contributed by atoms with Gasteiger partial charge in [0.15, 0.2) is 6.61 Å². The van der Waals surface area contributed by atoms with Crippen LogP contribution < -0.4 is 4.74 Å². The minimum absolute atomic E-state index is 0.00228. The summed E-state index contributed by atoms with van der Waals surface area (Å²) in [5.74, 6) is 0.306. The first-order valence-electron chi connectivity index (χ1n) is 9.60. The maximum Gasteiger partial charge on any atom is 0.422 e. The average molecular weight is 428 g/mol. The first kappa shape index (κ1) is 21.8. The number of aromatic nitrogens is 1. The highest BCUT2D eigenvalue weighted by Crippen LogP contribution is 2.34. The molecule has 0 aromatic carbocycles. The van der Waals surface area contributed by atoms with Crippen LogP contribution in [0.2, 0.25) is 0 Å². The molecular formula is C21H25ClF3N3O. The highest BCUT2D eigenvalue weighted by Gasteiger charge is 2.30. The fraction of sp³-hybridized carbons (Fsp3) is 0.524. The standard InChI is InChI=1S/C21H25ClF3N3O/c1-13-8-17(10-27-20(13)29-12-21(23,24)25)14(2)28(3)11-18-16(9-15-4-5-15)6-7-26-19(18)22/h6-10,14,16,18H,4-5,11-12H2,1-3H3. The summed E-state index contributed by atoms with van der Waals surface area (Å²) in [5.41, 5.74) is 2.94. The van der Waals surface area contributed by atoms with E-state index in [1.54, 1.807) is 19.3 Å². The molecule has 29 heavy (non-hydrogen) atoms. The number of aliphatic imine (C=N–C) groups is 1. The molecule has 2 aliphatic rings. The number of halogens is 4. The maximum atomic E-state index is 12.4. The molecule has 0 bridgehead atoms. The predicted molar refractivity (Wildman–Crippen MR) is 108 cm³/mol. The van der Waals surface area contributed by atoms with Crippen molar-refractivity contribution in [2.45, 2.75) is 38.9 Å². The Morgan fingerprint density at radius 2 is 2.10 bits per heavy atom. The second kappa shape index (κ2) is 8.88. The summed E-state index contributed by atoms with van der Waals surface area (Å²) in [7, 11) is 2.00. The monoisotopic (exact) mass is 427 g/mol. The van der Waals surface area contributed by atoms with Crippen molar-refractivity contribution < 1.29 is 17.9 Å². The maximum absolute atomic E-state index is 12.4. The Kier molecular flexibility index (Phi) is 6.69. The van der Waals surface area contributed by atoms with E-state index in [-0.39, 0.29) is 23.8 Å². The molecule has 0 N–H and O–H groups in total. The molecule has 1 aromatic heterocycles. The molecule has 4 nitrogen and oxygen atoms in total. The van der Waals surface area contributed by atoms with Gasteiger partial charge in [0.25, 0.3) is 0 Å². The van der Waals surface area contributed by atoms with Crippen molar-refractivity contribution in [3.05, 3.63) is 47.3 Å². The van der Waals surface area contributed by atoms with E-state index >= 15 is 0 Å². The van der Waals surface area contributed by atoms with Gasteiger partial charge in [0.05, 0.1) is 0 Å². The highest BCUT2D eigenvalue weighted by molar-refractivity contribution is 6.66. The Bertz CT molecular complexity index is 829. The third-order valence-corrected chi connectivity index (χ3v) is 5.67. The minimum atomic E-state index is -4.39. The van der Waals surface area contributed by atoms with Crippen LogP contribution >= 0.6 is 11.6 Å². The zero-order valence-corrected chi connectivity index (χ0v) is 17.5. The number of nitrogens with zero attached hydrogens (tertiary/aromatic N) is 3. The largest absolute Gasteiger partial charge is 0.468 e. The molecule has 0 amide bonds. The van der Waals surface area contributed by atoms with E-state index in [2.05, 4.69) is 27.0 Å². The highest BCUT2D eigenvalue weighted by atomic mass is 35.5. The van der Waals surface area contributed by atoms with Gasteiger partial charge in [-0.2, -0.15) is 13.2 Å².